The second-order valence-corrected chi connectivity index (χ2v) is 6.49. The Hall–Kier alpha value is -1.39. The van der Waals surface area contributed by atoms with Gasteiger partial charge in [-0.15, -0.1) is 0 Å². The van der Waals surface area contributed by atoms with E-state index >= 15 is 0 Å². The van der Waals surface area contributed by atoms with Crippen molar-refractivity contribution in [3.05, 3.63) is 35.4 Å². The summed E-state index contributed by atoms with van der Waals surface area (Å²) >= 11 is 0. The maximum Gasteiger partial charge on any atom is 0.225 e. The number of carbonyl (C=O) groups excluding carboxylic acids is 1. The lowest BCUT2D eigenvalue weighted by Crippen LogP contribution is -2.51. The molecular weight excluding hydrogens is 252 g/mol. The van der Waals surface area contributed by atoms with E-state index in [4.69, 9.17) is 0 Å². The third-order valence-corrected chi connectivity index (χ3v) is 3.78. The maximum atomic E-state index is 11.7. The van der Waals surface area contributed by atoms with E-state index in [-0.39, 0.29) is 23.8 Å². The molecule has 3 N–H and O–H groups in total. The molecule has 1 fully saturated rings. The molecule has 4 heteroatoms. The van der Waals surface area contributed by atoms with Crippen LogP contribution < -0.4 is 10.6 Å². The van der Waals surface area contributed by atoms with Crippen LogP contribution in [0.5, 0.6) is 0 Å². The number of carbonyl (C=O) groups is 1. The highest BCUT2D eigenvalue weighted by Gasteiger charge is 2.25. The van der Waals surface area contributed by atoms with E-state index in [2.05, 4.69) is 31.4 Å². The van der Waals surface area contributed by atoms with Gasteiger partial charge in [-0.1, -0.05) is 45.0 Å². The molecule has 0 spiro atoms. The predicted molar refractivity (Wildman–Crippen MR) is 79.5 cm³/mol. The second kappa shape index (κ2) is 5.94. The van der Waals surface area contributed by atoms with Gasteiger partial charge in [-0.05, 0) is 16.5 Å². The van der Waals surface area contributed by atoms with Gasteiger partial charge in [0, 0.05) is 19.6 Å². The summed E-state index contributed by atoms with van der Waals surface area (Å²) in [6, 6.07) is 7.94. The average molecular weight is 276 g/mol. The van der Waals surface area contributed by atoms with Crippen LogP contribution in [-0.4, -0.2) is 30.6 Å². The van der Waals surface area contributed by atoms with Crippen molar-refractivity contribution in [3.8, 4) is 0 Å². The number of nitrogens with one attached hydrogen (secondary N) is 2. The first-order valence-electron chi connectivity index (χ1n) is 7.15. The van der Waals surface area contributed by atoms with Crippen molar-refractivity contribution in [3.63, 3.8) is 0 Å². The Morgan fingerprint density at radius 2 is 1.95 bits per heavy atom. The number of rotatable bonds is 4. The molecule has 1 amide bonds. The number of hydrogen-bond donors (Lipinski definition) is 3. The fourth-order valence-corrected chi connectivity index (χ4v) is 2.14. The van der Waals surface area contributed by atoms with Crippen LogP contribution in [0.2, 0.25) is 0 Å². The highest BCUT2D eigenvalue weighted by atomic mass is 16.3. The minimum absolute atomic E-state index is 0.0223. The van der Waals surface area contributed by atoms with Gasteiger partial charge in [0.2, 0.25) is 5.91 Å². The molecule has 1 heterocycles. The Balaban J connectivity index is 1.88. The molecule has 1 saturated heterocycles. The summed E-state index contributed by atoms with van der Waals surface area (Å²) in [4.78, 5) is 11.7. The van der Waals surface area contributed by atoms with Crippen LogP contribution >= 0.6 is 0 Å². The Kier molecular flexibility index (Phi) is 4.45. The Morgan fingerprint density at radius 3 is 2.40 bits per heavy atom. The van der Waals surface area contributed by atoms with Gasteiger partial charge in [-0.2, -0.15) is 0 Å². The van der Waals surface area contributed by atoms with Gasteiger partial charge in [0.1, 0.15) is 0 Å². The number of aliphatic hydroxyl groups excluding tert-OH is 1. The summed E-state index contributed by atoms with van der Waals surface area (Å²) in [7, 11) is 0. The van der Waals surface area contributed by atoms with Crippen LogP contribution in [0.3, 0.4) is 0 Å². The lowest BCUT2D eigenvalue weighted by atomic mass is 9.86. The van der Waals surface area contributed by atoms with Crippen molar-refractivity contribution in [1.29, 1.82) is 0 Å². The minimum atomic E-state index is -0.652. The molecule has 0 radical (unpaired) electrons. The van der Waals surface area contributed by atoms with Crippen molar-refractivity contribution in [2.45, 2.75) is 32.3 Å². The van der Waals surface area contributed by atoms with Gasteiger partial charge in [-0.25, -0.2) is 0 Å². The summed E-state index contributed by atoms with van der Waals surface area (Å²) < 4.78 is 0. The lowest BCUT2D eigenvalue weighted by Gasteiger charge is -2.26. The third kappa shape index (κ3) is 3.58. The Labute approximate surface area is 120 Å². The molecule has 1 aliphatic rings. The van der Waals surface area contributed by atoms with E-state index in [1.807, 2.05) is 24.3 Å². The maximum absolute atomic E-state index is 11.7. The molecule has 20 heavy (non-hydrogen) atoms. The summed E-state index contributed by atoms with van der Waals surface area (Å²) in [6.45, 7) is 8.22. The van der Waals surface area contributed by atoms with Gasteiger partial charge in [0.15, 0.2) is 0 Å². The van der Waals surface area contributed by atoms with Crippen molar-refractivity contribution in [2.75, 3.05) is 19.6 Å². The number of hydrogen-bond acceptors (Lipinski definition) is 3. The average Bonchev–Trinajstić information content (AvgIpc) is 2.33. The zero-order chi connectivity index (χ0) is 14.8. The first kappa shape index (κ1) is 15.0. The van der Waals surface area contributed by atoms with Gasteiger partial charge < -0.3 is 15.7 Å². The standard InChI is InChI=1S/C16H24N2O2/c1-16(2,3)13-6-4-11(5-7-13)14(19)10-18-15(20)12-8-17-9-12/h4-7,12,14,17,19H,8-10H2,1-3H3,(H,18,20). The molecule has 1 unspecified atom stereocenters. The molecular formula is C16H24N2O2. The van der Waals surface area contributed by atoms with Crippen LogP contribution in [-0.2, 0) is 10.2 Å². The van der Waals surface area contributed by atoms with E-state index in [1.165, 1.54) is 5.56 Å². The van der Waals surface area contributed by atoms with Gasteiger partial charge in [-0.3, -0.25) is 4.79 Å². The fourth-order valence-electron chi connectivity index (χ4n) is 2.14. The quantitative estimate of drug-likeness (QED) is 0.778. The number of benzene rings is 1. The zero-order valence-electron chi connectivity index (χ0n) is 12.4. The van der Waals surface area contributed by atoms with Crippen LogP contribution in [0, 0.1) is 5.92 Å². The topological polar surface area (TPSA) is 61.4 Å². The van der Waals surface area contributed by atoms with Crippen molar-refractivity contribution in [2.24, 2.45) is 5.92 Å². The van der Waals surface area contributed by atoms with Crippen LogP contribution in [0.1, 0.15) is 38.0 Å². The van der Waals surface area contributed by atoms with Gasteiger partial charge in [0.05, 0.1) is 12.0 Å². The van der Waals surface area contributed by atoms with Gasteiger partial charge >= 0.3 is 0 Å². The van der Waals surface area contributed by atoms with E-state index in [9.17, 15) is 9.90 Å². The zero-order valence-corrected chi connectivity index (χ0v) is 12.4. The first-order valence-corrected chi connectivity index (χ1v) is 7.15. The number of aliphatic hydroxyl groups is 1. The summed E-state index contributed by atoms with van der Waals surface area (Å²) in [5.74, 6) is 0.0829. The molecule has 0 saturated carbocycles. The SMILES string of the molecule is CC(C)(C)c1ccc(C(O)CNC(=O)C2CNC2)cc1. The monoisotopic (exact) mass is 276 g/mol. The molecule has 1 atom stereocenters. The van der Waals surface area contributed by atoms with E-state index < -0.39 is 6.10 Å². The van der Waals surface area contributed by atoms with E-state index in [0.29, 0.717) is 0 Å². The van der Waals surface area contributed by atoms with Crippen LogP contribution in [0.15, 0.2) is 24.3 Å². The molecule has 1 aliphatic heterocycles. The minimum Gasteiger partial charge on any atom is -0.387 e. The third-order valence-electron chi connectivity index (χ3n) is 3.78. The summed E-state index contributed by atoms with van der Waals surface area (Å²) in [5, 5.41) is 16.0. The van der Waals surface area contributed by atoms with Crippen molar-refractivity contribution >= 4 is 5.91 Å². The molecule has 110 valence electrons. The molecule has 1 aromatic carbocycles. The second-order valence-electron chi connectivity index (χ2n) is 6.49. The highest BCUT2D eigenvalue weighted by molar-refractivity contribution is 5.80. The van der Waals surface area contributed by atoms with Crippen molar-refractivity contribution < 1.29 is 9.90 Å². The lowest BCUT2D eigenvalue weighted by molar-refractivity contribution is -0.126. The molecule has 2 rings (SSSR count). The Morgan fingerprint density at radius 1 is 1.35 bits per heavy atom. The molecule has 0 aliphatic carbocycles. The van der Waals surface area contributed by atoms with E-state index in [1.54, 1.807) is 0 Å². The summed E-state index contributed by atoms with van der Waals surface area (Å²) in [6.07, 6.45) is -0.652. The van der Waals surface area contributed by atoms with E-state index in [0.717, 1.165) is 18.7 Å². The largest absolute Gasteiger partial charge is 0.387 e. The van der Waals surface area contributed by atoms with Gasteiger partial charge in [0.25, 0.3) is 0 Å². The highest BCUT2D eigenvalue weighted by Crippen LogP contribution is 2.23. The molecule has 0 bridgehead atoms. The van der Waals surface area contributed by atoms with Crippen LogP contribution in [0.25, 0.3) is 0 Å². The normalized spacial score (nSPS) is 17.4. The smallest absolute Gasteiger partial charge is 0.225 e. The van der Waals surface area contributed by atoms with Crippen molar-refractivity contribution in [1.82, 2.24) is 10.6 Å². The molecule has 0 aromatic heterocycles. The molecule has 1 aromatic rings. The fraction of sp³-hybridized carbons (Fsp3) is 0.562. The first-order chi connectivity index (χ1) is 9.38. The predicted octanol–water partition coefficient (Wildman–Crippen LogP) is 1.35. The molecule has 4 nitrogen and oxygen atoms in total. The number of amides is 1. The summed E-state index contributed by atoms with van der Waals surface area (Å²) in [5.41, 5.74) is 2.18. The Bertz CT molecular complexity index is 458. The van der Waals surface area contributed by atoms with Crippen LogP contribution in [0.4, 0.5) is 0 Å².